The van der Waals surface area contributed by atoms with E-state index in [-0.39, 0.29) is 18.2 Å². The molecular formula is C21H20N4O3. The van der Waals surface area contributed by atoms with Crippen LogP contribution in [0.2, 0.25) is 0 Å². The Labute approximate surface area is 162 Å². The Hall–Kier alpha value is -3.61. The number of benzene rings is 2. The number of hydrogen-bond acceptors (Lipinski definition) is 4. The minimum Gasteiger partial charge on any atom is -0.497 e. The third-order valence-electron chi connectivity index (χ3n) is 4.79. The van der Waals surface area contributed by atoms with Gasteiger partial charge in [-0.15, -0.1) is 0 Å². The number of amides is 2. The molecule has 0 fully saturated rings. The number of hydrogen-bond donors (Lipinski definition) is 2. The molecule has 1 aliphatic heterocycles. The molecule has 4 rings (SSSR count). The predicted molar refractivity (Wildman–Crippen MR) is 106 cm³/mol. The van der Waals surface area contributed by atoms with Gasteiger partial charge in [0.25, 0.3) is 0 Å². The van der Waals surface area contributed by atoms with E-state index in [0.29, 0.717) is 11.5 Å². The van der Waals surface area contributed by atoms with Crippen molar-refractivity contribution in [3.8, 4) is 17.0 Å². The molecule has 0 unspecified atom stereocenters. The highest BCUT2D eigenvalue weighted by atomic mass is 16.5. The quantitative estimate of drug-likeness (QED) is 0.731. The van der Waals surface area contributed by atoms with Gasteiger partial charge in [-0.2, -0.15) is 5.10 Å². The first kappa shape index (κ1) is 17.8. The first-order valence-electron chi connectivity index (χ1n) is 8.96. The molecule has 2 N–H and O–H groups in total. The van der Waals surface area contributed by atoms with Gasteiger partial charge in [-0.25, -0.2) is 4.68 Å². The molecule has 1 aromatic heterocycles. The average molecular weight is 376 g/mol. The second kappa shape index (κ2) is 7.19. The number of carbonyl (C=O) groups is 2. The third-order valence-corrected chi connectivity index (χ3v) is 4.79. The second-order valence-electron chi connectivity index (χ2n) is 6.62. The number of nitrogens with one attached hydrogen (secondary N) is 2. The van der Waals surface area contributed by atoms with Crippen molar-refractivity contribution in [3.63, 3.8) is 0 Å². The van der Waals surface area contributed by atoms with Gasteiger partial charge < -0.3 is 15.4 Å². The molecule has 0 saturated heterocycles. The van der Waals surface area contributed by atoms with Crippen molar-refractivity contribution in [2.45, 2.75) is 19.4 Å². The van der Waals surface area contributed by atoms with Crippen LogP contribution in [-0.4, -0.2) is 28.7 Å². The molecule has 7 heteroatoms. The lowest BCUT2D eigenvalue weighted by Gasteiger charge is -2.24. The summed E-state index contributed by atoms with van der Waals surface area (Å²) < 4.78 is 6.81. The van der Waals surface area contributed by atoms with Gasteiger partial charge in [0.2, 0.25) is 11.8 Å². The van der Waals surface area contributed by atoms with E-state index in [9.17, 15) is 9.59 Å². The highest BCUT2D eigenvalue weighted by Gasteiger charge is 2.34. The molecule has 0 aliphatic carbocycles. The van der Waals surface area contributed by atoms with Crippen LogP contribution in [0.5, 0.6) is 5.75 Å². The second-order valence-corrected chi connectivity index (χ2v) is 6.62. The summed E-state index contributed by atoms with van der Waals surface area (Å²) >= 11 is 0. The van der Waals surface area contributed by atoms with Gasteiger partial charge >= 0.3 is 0 Å². The fraction of sp³-hybridized carbons (Fsp3) is 0.190. The summed E-state index contributed by atoms with van der Waals surface area (Å²) in [5, 5.41) is 10.4. The Balaban J connectivity index is 1.69. The Morgan fingerprint density at radius 1 is 1.18 bits per heavy atom. The summed E-state index contributed by atoms with van der Waals surface area (Å²) in [6, 6.07) is 16.0. The summed E-state index contributed by atoms with van der Waals surface area (Å²) in [4.78, 5) is 25.1. The fourth-order valence-electron chi connectivity index (χ4n) is 3.31. The van der Waals surface area contributed by atoms with Crippen LogP contribution < -0.4 is 15.4 Å². The summed E-state index contributed by atoms with van der Waals surface area (Å²) in [7, 11) is 1.61. The summed E-state index contributed by atoms with van der Waals surface area (Å²) in [6.07, 6.45) is 0.0365. The lowest BCUT2D eigenvalue weighted by molar-refractivity contribution is -0.125. The van der Waals surface area contributed by atoms with E-state index in [1.807, 2.05) is 49.4 Å². The normalized spacial score (nSPS) is 15.5. The maximum atomic E-state index is 12.8. The molecule has 1 aliphatic rings. The van der Waals surface area contributed by atoms with Crippen molar-refractivity contribution < 1.29 is 14.3 Å². The first-order chi connectivity index (χ1) is 13.6. The number of methoxy groups -OCH3 is 1. The highest BCUT2D eigenvalue weighted by molar-refractivity contribution is 6.02. The van der Waals surface area contributed by atoms with Crippen LogP contribution in [0.25, 0.3) is 11.3 Å². The van der Waals surface area contributed by atoms with Gasteiger partial charge in [0.15, 0.2) is 0 Å². The molecule has 28 heavy (non-hydrogen) atoms. The smallest absolute Gasteiger partial charge is 0.249 e. The van der Waals surface area contributed by atoms with E-state index in [0.717, 1.165) is 22.6 Å². The van der Waals surface area contributed by atoms with Gasteiger partial charge in [0.05, 0.1) is 19.2 Å². The van der Waals surface area contributed by atoms with E-state index in [1.165, 1.54) is 0 Å². The van der Waals surface area contributed by atoms with Gasteiger partial charge in [0, 0.05) is 16.8 Å². The Morgan fingerprint density at radius 3 is 2.57 bits per heavy atom. The highest BCUT2D eigenvalue weighted by Crippen LogP contribution is 2.35. The summed E-state index contributed by atoms with van der Waals surface area (Å²) in [5.41, 5.74) is 3.10. The lowest BCUT2D eigenvalue weighted by Crippen LogP contribution is -2.35. The van der Waals surface area contributed by atoms with Crippen molar-refractivity contribution in [2.24, 2.45) is 0 Å². The standard InChI is InChI=1S/C21H20N4O3/c1-13-19(14-8-10-16(28-2)11-9-14)24-25-17(12-18(26)23-20(13)25)21(27)22-15-6-4-3-5-7-15/h3-11,17H,12H2,1-2H3,(H,22,27)(H,23,26)/t17-/m0/s1. The van der Waals surface area contributed by atoms with Crippen LogP contribution in [0.1, 0.15) is 18.0 Å². The number of fused-ring (bicyclic) bond motifs is 1. The molecule has 7 nitrogen and oxygen atoms in total. The molecule has 0 spiro atoms. The topological polar surface area (TPSA) is 85.2 Å². The molecule has 2 aromatic carbocycles. The van der Waals surface area contributed by atoms with Crippen LogP contribution >= 0.6 is 0 Å². The molecule has 1 atom stereocenters. The van der Waals surface area contributed by atoms with E-state index in [2.05, 4.69) is 15.7 Å². The van der Waals surface area contributed by atoms with Crippen LogP contribution in [0, 0.1) is 6.92 Å². The largest absolute Gasteiger partial charge is 0.497 e. The monoisotopic (exact) mass is 376 g/mol. The minimum absolute atomic E-state index is 0.0365. The zero-order valence-electron chi connectivity index (χ0n) is 15.6. The molecular weight excluding hydrogens is 356 g/mol. The number of carbonyl (C=O) groups excluding carboxylic acids is 2. The van der Waals surface area contributed by atoms with Crippen molar-refractivity contribution in [1.82, 2.24) is 9.78 Å². The van der Waals surface area contributed by atoms with E-state index >= 15 is 0 Å². The maximum Gasteiger partial charge on any atom is 0.249 e. The van der Waals surface area contributed by atoms with Gasteiger partial charge in [-0.1, -0.05) is 18.2 Å². The number of para-hydroxylation sites is 1. The van der Waals surface area contributed by atoms with Gasteiger partial charge in [-0.3, -0.25) is 9.59 Å². The Morgan fingerprint density at radius 2 is 1.89 bits per heavy atom. The fourth-order valence-corrected chi connectivity index (χ4v) is 3.31. The van der Waals surface area contributed by atoms with Crippen molar-refractivity contribution in [3.05, 3.63) is 60.2 Å². The zero-order valence-corrected chi connectivity index (χ0v) is 15.6. The zero-order chi connectivity index (χ0) is 19.7. The summed E-state index contributed by atoms with van der Waals surface area (Å²) in [5.74, 6) is 0.824. The van der Waals surface area contributed by atoms with Crippen molar-refractivity contribution >= 4 is 23.3 Å². The number of anilines is 2. The molecule has 3 aromatic rings. The summed E-state index contributed by atoms with van der Waals surface area (Å²) in [6.45, 7) is 1.89. The van der Waals surface area contributed by atoms with Crippen molar-refractivity contribution in [1.29, 1.82) is 0 Å². The Kier molecular flexibility index (Phi) is 4.57. The molecule has 142 valence electrons. The SMILES string of the molecule is COc1ccc(-c2nn3c(c2C)NC(=O)C[C@H]3C(=O)Nc2ccccc2)cc1. The third kappa shape index (κ3) is 3.22. The molecule has 2 heterocycles. The van der Waals surface area contributed by atoms with Gasteiger partial charge in [0.1, 0.15) is 17.6 Å². The molecule has 0 bridgehead atoms. The molecule has 0 saturated carbocycles. The van der Waals surface area contributed by atoms with Crippen LogP contribution in [0.4, 0.5) is 11.5 Å². The number of aromatic nitrogens is 2. The van der Waals surface area contributed by atoms with E-state index in [4.69, 9.17) is 4.74 Å². The lowest BCUT2D eigenvalue weighted by atomic mass is 10.1. The molecule has 2 amide bonds. The van der Waals surface area contributed by atoms with Gasteiger partial charge in [-0.05, 0) is 43.3 Å². The van der Waals surface area contributed by atoms with Crippen LogP contribution in [-0.2, 0) is 9.59 Å². The average Bonchev–Trinajstić information content (AvgIpc) is 3.04. The van der Waals surface area contributed by atoms with Crippen LogP contribution in [0.15, 0.2) is 54.6 Å². The number of ether oxygens (including phenoxy) is 1. The van der Waals surface area contributed by atoms with E-state index in [1.54, 1.807) is 23.9 Å². The van der Waals surface area contributed by atoms with E-state index < -0.39 is 6.04 Å². The van der Waals surface area contributed by atoms with Crippen molar-refractivity contribution in [2.75, 3.05) is 17.7 Å². The number of rotatable bonds is 4. The number of nitrogens with zero attached hydrogens (tertiary/aromatic N) is 2. The minimum atomic E-state index is -0.713. The molecule has 0 radical (unpaired) electrons. The van der Waals surface area contributed by atoms with Crippen LogP contribution in [0.3, 0.4) is 0 Å². The predicted octanol–water partition coefficient (Wildman–Crippen LogP) is 3.39. The maximum absolute atomic E-state index is 12.8. The Bertz CT molecular complexity index is 1030. The first-order valence-corrected chi connectivity index (χ1v) is 8.96.